The van der Waals surface area contributed by atoms with Crippen LogP contribution in [0.3, 0.4) is 0 Å². The van der Waals surface area contributed by atoms with Crippen molar-refractivity contribution in [2.75, 3.05) is 13.7 Å². The maximum absolute atomic E-state index is 12.4. The standard InChI is InChI=1S/C17H21N3O2/c1-19-13-6-7-14(19)9-15(8-13)22-17(21)20-10-12-4-2-3-5-16(12)18-11-20/h2-5,10,13-15H,6-9,11H2,1H3. The Morgan fingerprint density at radius 3 is 2.73 bits per heavy atom. The number of carbonyl (C=O) groups excluding carboxylic acids is 1. The van der Waals surface area contributed by atoms with E-state index >= 15 is 0 Å². The first-order valence-corrected chi connectivity index (χ1v) is 8.01. The fourth-order valence-electron chi connectivity index (χ4n) is 3.88. The van der Waals surface area contributed by atoms with E-state index in [0.717, 1.165) is 23.4 Å². The van der Waals surface area contributed by atoms with Crippen LogP contribution in [0, 0.1) is 0 Å². The van der Waals surface area contributed by atoms with Crippen LogP contribution in [0.4, 0.5) is 4.79 Å². The second kappa shape index (κ2) is 5.39. The molecule has 2 saturated heterocycles. The Bertz CT molecular complexity index is 688. The number of hydrogen-bond acceptors (Lipinski definition) is 4. The smallest absolute Gasteiger partial charge is 0.415 e. The van der Waals surface area contributed by atoms with Gasteiger partial charge in [-0.25, -0.2) is 4.79 Å². The van der Waals surface area contributed by atoms with Crippen molar-refractivity contribution >= 4 is 12.3 Å². The van der Waals surface area contributed by atoms with Gasteiger partial charge in [0.15, 0.2) is 0 Å². The zero-order valence-electron chi connectivity index (χ0n) is 12.8. The summed E-state index contributed by atoms with van der Waals surface area (Å²) in [7, 11) is 2.19. The molecule has 22 heavy (non-hydrogen) atoms. The van der Waals surface area contributed by atoms with Gasteiger partial charge in [0.2, 0.25) is 0 Å². The molecule has 0 N–H and O–H groups in total. The molecule has 4 rings (SSSR count). The van der Waals surface area contributed by atoms with E-state index < -0.39 is 0 Å². The predicted molar refractivity (Wildman–Crippen MR) is 82.5 cm³/mol. The number of nitrogens with zero attached hydrogens (tertiary/aromatic N) is 3. The number of benzene rings is 1. The Balaban J connectivity index is 1.44. The highest BCUT2D eigenvalue weighted by Crippen LogP contribution is 2.35. The highest BCUT2D eigenvalue weighted by atomic mass is 16.6. The maximum atomic E-state index is 12.4. The summed E-state index contributed by atoms with van der Waals surface area (Å²) in [6, 6.07) is 8.99. The van der Waals surface area contributed by atoms with Crippen LogP contribution in [0.2, 0.25) is 0 Å². The van der Waals surface area contributed by atoms with Crippen molar-refractivity contribution in [1.82, 2.24) is 9.80 Å². The van der Waals surface area contributed by atoms with Gasteiger partial charge >= 0.3 is 6.09 Å². The lowest BCUT2D eigenvalue weighted by Gasteiger charge is -2.36. The molecular weight excluding hydrogens is 278 g/mol. The number of fused-ring (bicyclic) bond motifs is 3. The highest BCUT2D eigenvalue weighted by molar-refractivity contribution is 5.72. The second-order valence-corrected chi connectivity index (χ2v) is 6.48. The third-order valence-corrected chi connectivity index (χ3v) is 5.18. The Kier molecular flexibility index (Phi) is 3.37. The minimum absolute atomic E-state index is 0.0479. The van der Waals surface area contributed by atoms with Crippen LogP contribution < -0.4 is 10.6 Å². The molecule has 0 aromatic heterocycles. The normalized spacial score (nSPS) is 30.2. The minimum atomic E-state index is -0.271. The van der Waals surface area contributed by atoms with E-state index in [1.165, 1.54) is 12.8 Å². The van der Waals surface area contributed by atoms with Gasteiger partial charge < -0.3 is 9.64 Å². The van der Waals surface area contributed by atoms with Crippen LogP contribution in [0.1, 0.15) is 25.7 Å². The molecule has 1 aromatic rings. The van der Waals surface area contributed by atoms with Crippen molar-refractivity contribution in [3.05, 3.63) is 34.8 Å². The lowest BCUT2D eigenvalue weighted by Crippen LogP contribution is -2.45. The van der Waals surface area contributed by atoms with E-state index in [1.54, 1.807) is 4.90 Å². The number of carbonyl (C=O) groups is 1. The fourth-order valence-corrected chi connectivity index (χ4v) is 3.88. The van der Waals surface area contributed by atoms with Crippen molar-refractivity contribution in [3.63, 3.8) is 0 Å². The average Bonchev–Trinajstić information content (AvgIpc) is 2.75. The van der Waals surface area contributed by atoms with Crippen LogP contribution in [0.15, 0.2) is 29.3 Å². The number of piperidine rings is 1. The van der Waals surface area contributed by atoms with Crippen molar-refractivity contribution < 1.29 is 9.53 Å². The second-order valence-electron chi connectivity index (χ2n) is 6.48. The zero-order valence-corrected chi connectivity index (χ0v) is 12.8. The molecule has 5 heteroatoms. The molecule has 2 bridgehead atoms. The van der Waals surface area contributed by atoms with E-state index in [0.29, 0.717) is 18.8 Å². The van der Waals surface area contributed by atoms with Gasteiger partial charge in [0.1, 0.15) is 12.8 Å². The van der Waals surface area contributed by atoms with Gasteiger partial charge in [-0.2, -0.15) is 0 Å². The summed E-state index contributed by atoms with van der Waals surface area (Å²) < 4.78 is 5.74. The summed E-state index contributed by atoms with van der Waals surface area (Å²) in [4.78, 5) is 20.8. The number of para-hydroxylation sites is 1. The molecule has 2 fully saturated rings. The first-order chi connectivity index (χ1) is 10.7. The molecule has 116 valence electrons. The Labute approximate surface area is 129 Å². The van der Waals surface area contributed by atoms with Crippen molar-refractivity contribution in [2.45, 2.75) is 43.9 Å². The molecule has 5 nitrogen and oxygen atoms in total. The Morgan fingerprint density at radius 2 is 1.95 bits per heavy atom. The Morgan fingerprint density at radius 1 is 1.23 bits per heavy atom. The van der Waals surface area contributed by atoms with E-state index in [2.05, 4.69) is 16.9 Å². The first kappa shape index (κ1) is 13.8. The van der Waals surface area contributed by atoms with E-state index in [-0.39, 0.29) is 12.2 Å². The quantitative estimate of drug-likeness (QED) is 0.779. The van der Waals surface area contributed by atoms with Gasteiger partial charge in [-0.3, -0.25) is 9.89 Å². The Hall–Kier alpha value is -1.88. The van der Waals surface area contributed by atoms with Gasteiger partial charge in [-0.05, 0) is 26.0 Å². The van der Waals surface area contributed by atoms with Crippen LogP contribution in [0.5, 0.6) is 0 Å². The highest BCUT2D eigenvalue weighted by Gasteiger charge is 2.40. The van der Waals surface area contributed by atoms with Gasteiger partial charge in [-0.15, -0.1) is 0 Å². The summed E-state index contributed by atoms with van der Waals surface area (Å²) in [5.74, 6) is 0. The molecule has 3 aliphatic heterocycles. The van der Waals surface area contributed by atoms with Crippen molar-refractivity contribution in [1.29, 1.82) is 0 Å². The first-order valence-electron chi connectivity index (χ1n) is 8.01. The van der Waals surface area contributed by atoms with Crippen LogP contribution in [0.25, 0.3) is 6.20 Å². The molecule has 0 aliphatic carbocycles. The monoisotopic (exact) mass is 299 g/mol. The van der Waals surface area contributed by atoms with Gasteiger partial charge in [-0.1, -0.05) is 18.2 Å². The maximum Gasteiger partial charge on any atom is 0.415 e. The van der Waals surface area contributed by atoms with Crippen molar-refractivity contribution in [3.8, 4) is 0 Å². The topological polar surface area (TPSA) is 45.1 Å². The van der Waals surface area contributed by atoms with Crippen molar-refractivity contribution in [2.24, 2.45) is 4.99 Å². The van der Waals surface area contributed by atoms with E-state index in [9.17, 15) is 4.79 Å². The van der Waals surface area contributed by atoms with Gasteiger partial charge in [0.05, 0.1) is 5.36 Å². The number of amides is 1. The molecule has 1 aromatic carbocycles. The number of hydrogen-bond donors (Lipinski definition) is 0. The fraction of sp³-hybridized carbons (Fsp3) is 0.529. The van der Waals surface area contributed by atoms with E-state index in [1.807, 2.05) is 30.5 Å². The van der Waals surface area contributed by atoms with Crippen LogP contribution in [-0.2, 0) is 4.74 Å². The van der Waals surface area contributed by atoms with Gasteiger partial charge in [0, 0.05) is 36.3 Å². The lowest BCUT2D eigenvalue weighted by molar-refractivity contribution is 0.0181. The molecule has 3 aliphatic rings. The molecule has 2 atom stereocenters. The minimum Gasteiger partial charge on any atom is -0.446 e. The summed E-state index contributed by atoms with van der Waals surface area (Å²) in [6.45, 7) is 0.343. The molecule has 0 radical (unpaired) electrons. The largest absolute Gasteiger partial charge is 0.446 e. The SMILES string of the molecule is CN1C2CCC1CC(OC(=O)N1C=c3ccccc3=NC1)C2. The molecule has 1 amide bonds. The summed E-state index contributed by atoms with van der Waals surface area (Å²) in [6.07, 6.45) is 6.00. The third-order valence-electron chi connectivity index (χ3n) is 5.18. The molecule has 2 unspecified atom stereocenters. The van der Waals surface area contributed by atoms with Crippen LogP contribution >= 0.6 is 0 Å². The number of rotatable bonds is 1. The van der Waals surface area contributed by atoms with E-state index in [4.69, 9.17) is 4.74 Å². The third kappa shape index (κ3) is 2.39. The van der Waals surface area contributed by atoms with Gasteiger partial charge in [0.25, 0.3) is 0 Å². The molecule has 0 spiro atoms. The lowest BCUT2D eigenvalue weighted by atomic mass is 10.0. The average molecular weight is 299 g/mol. The molecule has 0 saturated carbocycles. The molecular formula is C17H21N3O2. The van der Waals surface area contributed by atoms with Crippen LogP contribution in [-0.4, -0.2) is 47.8 Å². The predicted octanol–water partition coefficient (Wildman–Crippen LogP) is 1.08. The number of ether oxygens (including phenoxy) is 1. The summed E-state index contributed by atoms with van der Waals surface area (Å²) >= 11 is 0. The molecule has 3 heterocycles. The summed E-state index contributed by atoms with van der Waals surface area (Å²) in [5.41, 5.74) is 0. The zero-order chi connectivity index (χ0) is 15.1. The summed E-state index contributed by atoms with van der Waals surface area (Å²) in [5, 5.41) is 1.90.